The van der Waals surface area contributed by atoms with Crippen LogP contribution in [0.15, 0.2) is 12.1 Å². The molecule has 1 aromatic heterocycles. The van der Waals surface area contributed by atoms with Crippen LogP contribution in [0.25, 0.3) is 0 Å². The second-order valence-electron chi connectivity index (χ2n) is 3.81. The molecule has 1 N–H and O–H groups in total. The monoisotopic (exact) mass is 246 g/mol. The second-order valence-corrected chi connectivity index (χ2v) is 4.98. The Hall–Kier alpha value is -1.06. The molecule has 1 saturated carbocycles. The Kier molecular flexibility index (Phi) is 2.68. The van der Waals surface area contributed by atoms with E-state index in [0.29, 0.717) is 4.88 Å². The van der Waals surface area contributed by atoms with Crippen molar-refractivity contribution in [3.8, 4) is 6.07 Å². The van der Waals surface area contributed by atoms with Gasteiger partial charge in [-0.3, -0.25) is 5.32 Å². The molecular weight excluding hydrogens is 237 g/mol. The van der Waals surface area contributed by atoms with E-state index >= 15 is 0 Å². The maximum absolute atomic E-state index is 12.6. The summed E-state index contributed by atoms with van der Waals surface area (Å²) in [6.45, 7) is 0.172. The van der Waals surface area contributed by atoms with E-state index in [4.69, 9.17) is 5.26 Å². The zero-order chi connectivity index (χ0) is 11.8. The predicted molar refractivity (Wildman–Crippen MR) is 53.9 cm³/mol. The molecule has 0 unspecified atom stereocenters. The van der Waals surface area contributed by atoms with Crippen LogP contribution in [0, 0.1) is 11.3 Å². The number of alkyl halides is 3. The molecule has 0 aliphatic heterocycles. The van der Waals surface area contributed by atoms with Gasteiger partial charge < -0.3 is 0 Å². The van der Waals surface area contributed by atoms with Crippen LogP contribution in [0.3, 0.4) is 0 Å². The zero-order valence-electron chi connectivity index (χ0n) is 8.27. The minimum absolute atomic E-state index is 0.146. The number of halogens is 3. The molecule has 2 rings (SSSR count). The van der Waals surface area contributed by atoms with E-state index in [1.54, 1.807) is 12.1 Å². The number of nitriles is 1. The van der Waals surface area contributed by atoms with Gasteiger partial charge in [0.25, 0.3) is 0 Å². The standard InChI is InChI=1S/C10H9F3N2S/c11-10(12,13)9(3-4-9)15-6-8-2-1-7(5-14)16-8/h1-2,15H,3-4,6H2. The van der Waals surface area contributed by atoms with E-state index < -0.39 is 11.7 Å². The topological polar surface area (TPSA) is 35.8 Å². The number of hydrogen-bond donors (Lipinski definition) is 1. The highest BCUT2D eigenvalue weighted by atomic mass is 32.1. The molecule has 1 heterocycles. The molecule has 0 amide bonds. The van der Waals surface area contributed by atoms with E-state index in [9.17, 15) is 13.2 Å². The maximum Gasteiger partial charge on any atom is 0.406 e. The van der Waals surface area contributed by atoms with Gasteiger partial charge in [-0.05, 0) is 25.0 Å². The van der Waals surface area contributed by atoms with Crippen molar-refractivity contribution in [1.82, 2.24) is 5.32 Å². The van der Waals surface area contributed by atoms with Crippen molar-refractivity contribution >= 4 is 11.3 Å². The van der Waals surface area contributed by atoms with Gasteiger partial charge in [-0.1, -0.05) is 0 Å². The molecule has 6 heteroatoms. The van der Waals surface area contributed by atoms with E-state index in [0.717, 1.165) is 4.88 Å². The molecule has 0 spiro atoms. The lowest BCUT2D eigenvalue weighted by atomic mass is 10.2. The van der Waals surface area contributed by atoms with Gasteiger partial charge in [0.15, 0.2) is 0 Å². The van der Waals surface area contributed by atoms with Crippen molar-refractivity contribution in [2.45, 2.75) is 31.1 Å². The second kappa shape index (κ2) is 3.75. The third-order valence-corrected chi connectivity index (χ3v) is 3.66. The molecule has 0 saturated heterocycles. The lowest BCUT2D eigenvalue weighted by Crippen LogP contribution is -2.44. The summed E-state index contributed by atoms with van der Waals surface area (Å²) in [6, 6.07) is 5.26. The predicted octanol–water partition coefficient (Wildman–Crippen LogP) is 2.80. The Bertz CT molecular complexity index is 426. The van der Waals surface area contributed by atoms with Crippen LogP contribution in [0.5, 0.6) is 0 Å². The van der Waals surface area contributed by atoms with Crippen molar-refractivity contribution in [1.29, 1.82) is 5.26 Å². The highest BCUT2D eigenvalue weighted by Crippen LogP contribution is 2.49. The largest absolute Gasteiger partial charge is 0.406 e. The summed E-state index contributed by atoms with van der Waals surface area (Å²) in [4.78, 5) is 1.28. The molecule has 0 radical (unpaired) electrons. The van der Waals surface area contributed by atoms with Crippen LogP contribution >= 0.6 is 11.3 Å². The third-order valence-electron chi connectivity index (χ3n) is 2.67. The van der Waals surface area contributed by atoms with E-state index in [1.165, 1.54) is 11.3 Å². The van der Waals surface area contributed by atoms with Crippen LogP contribution in [0.1, 0.15) is 22.6 Å². The van der Waals surface area contributed by atoms with Gasteiger partial charge in [0.05, 0.1) is 0 Å². The van der Waals surface area contributed by atoms with Crippen LogP contribution in [0.2, 0.25) is 0 Å². The summed E-state index contributed by atoms with van der Waals surface area (Å²) in [6.07, 6.45) is -3.89. The first-order valence-corrected chi connectivity index (χ1v) is 5.59. The summed E-state index contributed by atoms with van der Waals surface area (Å²) in [5.74, 6) is 0. The number of hydrogen-bond acceptors (Lipinski definition) is 3. The number of nitrogens with one attached hydrogen (secondary N) is 1. The van der Waals surface area contributed by atoms with E-state index in [-0.39, 0.29) is 19.4 Å². The highest BCUT2D eigenvalue weighted by molar-refractivity contribution is 7.12. The normalized spacial score (nSPS) is 18.1. The molecular formula is C10H9F3N2S. The first-order chi connectivity index (χ1) is 7.47. The molecule has 2 nitrogen and oxygen atoms in total. The Morgan fingerprint density at radius 3 is 2.56 bits per heavy atom. The van der Waals surface area contributed by atoms with Crippen molar-refractivity contribution < 1.29 is 13.2 Å². The molecule has 0 atom stereocenters. The van der Waals surface area contributed by atoms with E-state index in [1.807, 2.05) is 6.07 Å². The number of rotatable bonds is 3. The van der Waals surface area contributed by atoms with Gasteiger partial charge in [0.2, 0.25) is 0 Å². The van der Waals surface area contributed by atoms with Crippen LogP contribution in [-0.4, -0.2) is 11.7 Å². The first-order valence-electron chi connectivity index (χ1n) is 4.77. The molecule has 1 aromatic rings. The van der Waals surface area contributed by atoms with Gasteiger partial charge in [-0.2, -0.15) is 18.4 Å². The first kappa shape index (κ1) is 11.4. The van der Waals surface area contributed by atoms with Crippen molar-refractivity contribution in [2.75, 3.05) is 0 Å². The molecule has 1 aliphatic rings. The van der Waals surface area contributed by atoms with Crippen molar-refractivity contribution in [3.05, 3.63) is 21.9 Å². The Balaban J connectivity index is 1.96. The molecule has 1 aliphatic carbocycles. The van der Waals surface area contributed by atoms with Crippen LogP contribution in [0.4, 0.5) is 13.2 Å². The van der Waals surface area contributed by atoms with E-state index in [2.05, 4.69) is 5.32 Å². The third kappa shape index (κ3) is 2.06. The Morgan fingerprint density at radius 2 is 2.12 bits per heavy atom. The fourth-order valence-corrected chi connectivity index (χ4v) is 2.22. The van der Waals surface area contributed by atoms with Gasteiger partial charge in [0, 0.05) is 11.4 Å². The molecule has 0 bridgehead atoms. The van der Waals surface area contributed by atoms with Gasteiger partial charge >= 0.3 is 6.18 Å². The smallest absolute Gasteiger partial charge is 0.299 e. The minimum atomic E-state index is -4.18. The van der Waals surface area contributed by atoms with Gasteiger partial charge in [0.1, 0.15) is 16.5 Å². The van der Waals surface area contributed by atoms with Crippen LogP contribution in [-0.2, 0) is 6.54 Å². The Labute approximate surface area is 94.7 Å². The van der Waals surface area contributed by atoms with Gasteiger partial charge in [-0.25, -0.2) is 0 Å². The molecule has 1 fully saturated rings. The van der Waals surface area contributed by atoms with Crippen LogP contribution < -0.4 is 5.32 Å². The molecule has 0 aromatic carbocycles. The lowest BCUT2D eigenvalue weighted by molar-refractivity contribution is -0.166. The Morgan fingerprint density at radius 1 is 1.44 bits per heavy atom. The highest BCUT2D eigenvalue weighted by Gasteiger charge is 2.62. The zero-order valence-corrected chi connectivity index (χ0v) is 9.08. The SMILES string of the molecule is N#Cc1ccc(CNC2(C(F)(F)F)CC2)s1. The summed E-state index contributed by atoms with van der Waals surface area (Å²) in [5.41, 5.74) is -1.68. The number of thiophene rings is 1. The van der Waals surface area contributed by atoms with Crippen molar-refractivity contribution in [2.24, 2.45) is 0 Å². The average molecular weight is 246 g/mol. The van der Waals surface area contributed by atoms with Gasteiger partial charge in [-0.15, -0.1) is 11.3 Å². The lowest BCUT2D eigenvalue weighted by Gasteiger charge is -2.20. The summed E-state index contributed by atoms with van der Waals surface area (Å²) in [5, 5.41) is 11.1. The molecule has 16 heavy (non-hydrogen) atoms. The summed E-state index contributed by atoms with van der Waals surface area (Å²) in [7, 11) is 0. The minimum Gasteiger partial charge on any atom is -0.299 e. The average Bonchev–Trinajstić information content (AvgIpc) is 2.88. The van der Waals surface area contributed by atoms with Crippen molar-refractivity contribution in [3.63, 3.8) is 0 Å². The summed E-state index contributed by atoms with van der Waals surface area (Å²) < 4.78 is 37.7. The maximum atomic E-state index is 12.6. The molecule has 86 valence electrons. The fourth-order valence-electron chi connectivity index (χ4n) is 1.47. The number of nitrogens with zero attached hydrogens (tertiary/aromatic N) is 1. The quantitative estimate of drug-likeness (QED) is 0.890. The summed E-state index contributed by atoms with van der Waals surface area (Å²) >= 11 is 1.22. The fraction of sp³-hybridized carbons (Fsp3) is 0.500.